The first kappa shape index (κ1) is 17.4. The van der Waals surface area contributed by atoms with Crippen LogP contribution in [0, 0.1) is 6.92 Å². The van der Waals surface area contributed by atoms with Crippen molar-refractivity contribution >= 4 is 11.8 Å². The van der Waals surface area contributed by atoms with Gasteiger partial charge in [-0.2, -0.15) is 13.2 Å². The Morgan fingerprint density at radius 1 is 1.16 bits per heavy atom. The van der Waals surface area contributed by atoms with E-state index in [0.717, 1.165) is 23.3 Å². The van der Waals surface area contributed by atoms with Crippen LogP contribution < -0.4 is 5.84 Å². The van der Waals surface area contributed by atoms with Gasteiger partial charge in [0.05, 0.1) is 17.4 Å². The second kappa shape index (κ2) is 6.47. The molecule has 0 amide bonds. The molecule has 25 heavy (non-hydrogen) atoms. The molecule has 0 aliphatic heterocycles. The standard InChI is InChI=1S/C16H15F3N4OS/c1-9-13(7-8-24-9)14-21-22-15(23(14)20)25-10(2)11-3-5-12(6-4-11)16(17,18)19/h3-8,10H,20H2,1-2H3. The molecule has 2 N–H and O–H groups in total. The molecule has 2 aromatic heterocycles. The van der Waals surface area contributed by atoms with Gasteiger partial charge < -0.3 is 10.3 Å². The lowest BCUT2D eigenvalue weighted by Gasteiger charge is -2.12. The van der Waals surface area contributed by atoms with Gasteiger partial charge in [0.15, 0.2) is 5.82 Å². The Morgan fingerprint density at radius 2 is 1.84 bits per heavy atom. The van der Waals surface area contributed by atoms with Crippen LogP contribution in [0.15, 0.2) is 46.2 Å². The number of nitrogens with two attached hydrogens (primary N) is 1. The summed E-state index contributed by atoms with van der Waals surface area (Å²) < 4.78 is 44.5. The van der Waals surface area contributed by atoms with Crippen molar-refractivity contribution in [3.63, 3.8) is 0 Å². The maximum atomic E-state index is 12.6. The largest absolute Gasteiger partial charge is 0.469 e. The summed E-state index contributed by atoms with van der Waals surface area (Å²) in [4.78, 5) is 0. The molecule has 0 aliphatic rings. The molecular formula is C16H15F3N4OS. The normalized spacial score (nSPS) is 13.2. The number of furan rings is 1. The smallest absolute Gasteiger partial charge is 0.416 e. The molecule has 0 fully saturated rings. The van der Waals surface area contributed by atoms with E-state index in [2.05, 4.69) is 10.2 Å². The predicted molar refractivity (Wildman–Crippen MR) is 88.3 cm³/mol. The highest BCUT2D eigenvalue weighted by molar-refractivity contribution is 7.99. The van der Waals surface area contributed by atoms with E-state index in [9.17, 15) is 13.2 Å². The fraction of sp³-hybridized carbons (Fsp3) is 0.250. The zero-order valence-corrected chi connectivity index (χ0v) is 14.2. The van der Waals surface area contributed by atoms with Gasteiger partial charge in [-0.25, -0.2) is 4.68 Å². The Bertz CT molecular complexity index is 870. The van der Waals surface area contributed by atoms with Crippen molar-refractivity contribution in [1.29, 1.82) is 0 Å². The van der Waals surface area contributed by atoms with Crippen molar-refractivity contribution in [3.05, 3.63) is 53.5 Å². The zero-order chi connectivity index (χ0) is 18.2. The summed E-state index contributed by atoms with van der Waals surface area (Å²) >= 11 is 1.31. The fourth-order valence-corrected chi connectivity index (χ4v) is 3.22. The minimum atomic E-state index is -4.34. The van der Waals surface area contributed by atoms with E-state index in [4.69, 9.17) is 10.3 Å². The molecule has 0 saturated heterocycles. The van der Waals surface area contributed by atoms with Crippen LogP contribution in [0.25, 0.3) is 11.4 Å². The van der Waals surface area contributed by atoms with E-state index in [1.54, 1.807) is 13.0 Å². The molecule has 5 nitrogen and oxygen atoms in total. The van der Waals surface area contributed by atoms with Crippen LogP contribution in [-0.4, -0.2) is 14.9 Å². The van der Waals surface area contributed by atoms with Crippen LogP contribution in [-0.2, 0) is 6.18 Å². The number of thioether (sulfide) groups is 1. The molecule has 0 aliphatic carbocycles. The van der Waals surface area contributed by atoms with Gasteiger partial charge in [0, 0.05) is 5.25 Å². The number of nitrogen functional groups attached to an aromatic ring is 1. The van der Waals surface area contributed by atoms with Crippen LogP contribution in [0.1, 0.15) is 29.1 Å². The van der Waals surface area contributed by atoms with Gasteiger partial charge in [0.25, 0.3) is 0 Å². The van der Waals surface area contributed by atoms with E-state index in [-0.39, 0.29) is 5.25 Å². The Kier molecular flexibility index (Phi) is 4.51. The highest BCUT2D eigenvalue weighted by Crippen LogP contribution is 2.36. The number of alkyl halides is 3. The van der Waals surface area contributed by atoms with Gasteiger partial charge in [0.1, 0.15) is 5.76 Å². The number of aryl methyl sites for hydroxylation is 1. The number of hydrogen-bond acceptors (Lipinski definition) is 5. The summed E-state index contributed by atoms with van der Waals surface area (Å²) in [6, 6.07) is 6.80. The molecule has 1 aromatic carbocycles. The second-order valence-corrected chi connectivity index (χ2v) is 6.75. The third-order valence-corrected chi connectivity index (χ3v) is 4.87. The molecular weight excluding hydrogens is 353 g/mol. The summed E-state index contributed by atoms with van der Waals surface area (Å²) in [5, 5.41) is 8.45. The van der Waals surface area contributed by atoms with Crippen molar-refractivity contribution in [3.8, 4) is 11.4 Å². The third-order valence-electron chi connectivity index (χ3n) is 3.75. The van der Waals surface area contributed by atoms with E-state index in [1.165, 1.54) is 34.8 Å². The van der Waals surface area contributed by atoms with Crippen LogP contribution in [0.3, 0.4) is 0 Å². The molecule has 0 spiro atoms. The van der Waals surface area contributed by atoms with Crippen LogP contribution >= 0.6 is 11.8 Å². The molecule has 0 bridgehead atoms. The minimum Gasteiger partial charge on any atom is -0.469 e. The highest BCUT2D eigenvalue weighted by atomic mass is 32.2. The summed E-state index contributed by atoms with van der Waals surface area (Å²) in [7, 11) is 0. The Hall–Kier alpha value is -2.42. The first-order valence-electron chi connectivity index (χ1n) is 7.36. The molecule has 0 saturated carbocycles. The quantitative estimate of drug-likeness (QED) is 0.545. The zero-order valence-electron chi connectivity index (χ0n) is 13.4. The van der Waals surface area contributed by atoms with Crippen LogP contribution in [0.4, 0.5) is 13.2 Å². The van der Waals surface area contributed by atoms with Gasteiger partial charge >= 0.3 is 6.18 Å². The monoisotopic (exact) mass is 368 g/mol. The SMILES string of the molecule is Cc1occc1-c1nnc(SC(C)c2ccc(C(F)(F)F)cc2)n1N. The molecule has 1 unspecified atom stereocenters. The van der Waals surface area contributed by atoms with Crippen molar-refractivity contribution in [2.24, 2.45) is 0 Å². The van der Waals surface area contributed by atoms with Crippen molar-refractivity contribution in [1.82, 2.24) is 14.9 Å². The van der Waals surface area contributed by atoms with Gasteiger partial charge in [-0.05, 0) is 37.6 Å². The molecule has 0 radical (unpaired) electrons. The van der Waals surface area contributed by atoms with Crippen molar-refractivity contribution in [2.45, 2.75) is 30.4 Å². The Balaban J connectivity index is 1.79. The van der Waals surface area contributed by atoms with Crippen molar-refractivity contribution in [2.75, 3.05) is 5.84 Å². The lowest BCUT2D eigenvalue weighted by molar-refractivity contribution is -0.137. The average molecular weight is 368 g/mol. The predicted octanol–water partition coefficient (Wildman–Crippen LogP) is 4.43. The van der Waals surface area contributed by atoms with E-state index >= 15 is 0 Å². The van der Waals surface area contributed by atoms with E-state index in [0.29, 0.717) is 16.7 Å². The van der Waals surface area contributed by atoms with Crippen LogP contribution in [0.2, 0.25) is 0 Å². The number of benzene rings is 1. The fourth-order valence-electron chi connectivity index (χ4n) is 2.33. The lowest BCUT2D eigenvalue weighted by atomic mass is 10.1. The van der Waals surface area contributed by atoms with Gasteiger partial charge in [0.2, 0.25) is 5.16 Å². The summed E-state index contributed by atoms with van der Waals surface area (Å²) in [6.45, 7) is 3.66. The topological polar surface area (TPSA) is 69.9 Å². The van der Waals surface area contributed by atoms with Gasteiger partial charge in [-0.3, -0.25) is 0 Å². The van der Waals surface area contributed by atoms with E-state index < -0.39 is 11.7 Å². The van der Waals surface area contributed by atoms with Crippen molar-refractivity contribution < 1.29 is 17.6 Å². The number of rotatable bonds is 4. The highest BCUT2D eigenvalue weighted by Gasteiger charge is 2.30. The molecule has 1 atom stereocenters. The maximum Gasteiger partial charge on any atom is 0.416 e. The summed E-state index contributed by atoms with van der Waals surface area (Å²) in [6.07, 6.45) is -2.80. The van der Waals surface area contributed by atoms with E-state index in [1.807, 2.05) is 6.92 Å². The molecule has 9 heteroatoms. The number of halogens is 3. The average Bonchev–Trinajstić information content (AvgIpc) is 3.13. The Morgan fingerprint density at radius 3 is 2.40 bits per heavy atom. The first-order chi connectivity index (χ1) is 11.8. The first-order valence-corrected chi connectivity index (χ1v) is 8.24. The number of aromatic nitrogens is 3. The molecule has 3 aromatic rings. The molecule has 2 heterocycles. The Labute approximate surface area is 146 Å². The third kappa shape index (κ3) is 3.51. The second-order valence-electron chi connectivity index (χ2n) is 5.45. The minimum absolute atomic E-state index is 0.146. The van der Waals surface area contributed by atoms with Gasteiger partial charge in [-0.15, -0.1) is 10.2 Å². The lowest BCUT2D eigenvalue weighted by Crippen LogP contribution is -2.12. The molecule has 132 valence electrons. The molecule has 3 rings (SSSR count). The van der Waals surface area contributed by atoms with Gasteiger partial charge in [-0.1, -0.05) is 23.9 Å². The number of hydrogen-bond donors (Lipinski definition) is 1. The summed E-state index contributed by atoms with van der Waals surface area (Å²) in [5.41, 5.74) is 0.805. The maximum absolute atomic E-state index is 12.6. The number of nitrogens with zero attached hydrogens (tertiary/aromatic N) is 3. The van der Waals surface area contributed by atoms with Crippen LogP contribution in [0.5, 0.6) is 0 Å². The summed E-state index contributed by atoms with van der Waals surface area (Å²) in [5.74, 6) is 7.19.